The Morgan fingerprint density at radius 1 is 1.77 bits per heavy atom. The van der Waals surface area contributed by atoms with Crippen molar-refractivity contribution >= 4 is 5.91 Å². The maximum absolute atomic E-state index is 11.1. The Kier molecular flexibility index (Phi) is 3.26. The fraction of sp³-hybridized carbons (Fsp3) is 0.778. The van der Waals surface area contributed by atoms with Crippen LogP contribution in [0.2, 0.25) is 0 Å². The lowest BCUT2D eigenvalue weighted by molar-refractivity contribution is -0.132. The largest absolute Gasteiger partial charge is 0.344 e. The number of piperidine rings is 1. The first-order valence-electron chi connectivity index (χ1n) is 4.53. The lowest BCUT2D eigenvalue weighted by atomic mass is 10.1. The van der Waals surface area contributed by atoms with Crippen LogP contribution >= 0.6 is 0 Å². The number of hydrogen-bond acceptors (Lipinski definition) is 3. The van der Waals surface area contributed by atoms with Crippen molar-refractivity contribution in [3.8, 4) is 6.07 Å². The molecule has 1 heterocycles. The molecule has 1 fully saturated rings. The van der Waals surface area contributed by atoms with Gasteiger partial charge in [0, 0.05) is 26.1 Å². The van der Waals surface area contributed by atoms with Crippen molar-refractivity contribution in [2.24, 2.45) is 0 Å². The number of nitrogens with zero attached hydrogens (tertiary/aromatic N) is 2. The second-order valence-electron chi connectivity index (χ2n) is 3.53. The van der Waals surface area contributed by atoms with Gasteiger partial charge >= 0.3 is 0 Å². The summed E-state index contributed by atoms with van der Waals surface area (Å²) in [6.07, 6.45) is 1.43. The van der Waals surface area contributed by atoms with Crippen molar-refractivity contribution in [3.63, 3.8) is 0 Å². The molecule has 0 bridgehead atoms. The van der Waals surface area contributed by atoms with E-state index in [1.54, 1.807) is 11.9 Å². The zero-order chi connectivity index (χ0) is 9.84. The van der Waals surface area contributed by atoms with E-state index in [4.69, 9.17) is 5.26 Å². The van der Waals surface area contributed by atoms with Crippen LogP contribution in [0, 0.1) is 11.3 Å². The summed E-state index contributed by atoms with van der Waals surface area (Å²) in [5, 5.41) is 11.8. The summed E-state index contributed by atoms with van der Waals surface area (Å²) in [5.74, 6) is 0.197. The van der Waals surface area contributed by atoms with Gasteiger partial charge in [0.05, 0.1) is 12.1 Å². The Labute approximate surface area is 78.5 Å². The molecule has 0 aromatic rings. The molecular formula is C9H15N3O. The summed E-state index contributed by atoms with van der Waals surface area (Å²) >= 11 is 0. The van der Waals surface area contributed by atoms with Crippen LogP contribution in [-0.4, -0.2) is 36.5 Å². The van der Waals surface area contributed by atoms with Crippen molar-refractivity contribution in [1.29, 1.82) is 5.26 Å². The van der Waals surface area contributed by atoms with Crippen LogP contribution in [0.4, 0.5) is 0 Å². The molecular weight excluding hydrogens is 166 g/mol. The van der Waals surface area contributed by atoms with Crippen molar-refractivity contribution < 1.29 is 4.79 Å². The SMILES string of the molecule is CC(C#N)NC1CCC(=O)N(C)C1. The molecule has 1 N–H and O–H groups in total. The molecule has 0 aliphatic carbocycles. The van der Waals surface area contributed by atoms with Gasteiger partial charge in [0.25, 0.3) is 0 Å². The first kappa shape index (κ1) is 10.0. The zero-order valence-corrected chi connectivity index (χ0v) is 8.08. The molecule has 2 unspecified atom stereocenters. The van der Waals surface area contributed by atoms with Gasteiger partial charge in [-0.2, -0.15) is 5.26 Å². The minimum atomic E-state index is -0.133. The molecule has 0 radical (unpaired) electrons. The number of nitrogens with one attached hydrogen (secondary N) is 1. The van der Waals surface area contributed by atoms with E-state index in [-0.39, 0.29) is 18.0 Å². The minimum absolute atomic E-state index is 0.133. The fourth-order valence-corrected chi connectivity index (χ4v) is 1.54. The maximum atomic E-state index is 11.1. The molecule has 1 aliphatic heterocycles. The molecule has 1 saturated heterocycles. The quantitative estimate of drug-likeness (QED) is 0.657. The van der Waals surface area contributed by atoms with E-state index in [2.05, 4.69) is 11.4 Å². The van der Waals surface area contributed by atoms with E-state index in [1.165, 1.54) is 0 Å². The summed E-state index contributed by atoms with van der Waals surface area (Å²) in [6.45, 7) is 2.54. The predicted octanol–water partition coefficient (Wildman–Crippen LogP) is 0.109. The van der Waals surface area contributed by atoms with Crippen LogP contribution in [0.5, 0.6) is 0 Å². The van der Waals surface area contributed by atoms with Gasteiger partial charge in [0.15, 0.2) is 0 Å². The second kappa shape index (κ2) is 4.24. The Balaban J connectivity index is 2.38. The number of likely N-dealkylation sites (N-methyl/N-ethyl adjacent to an activating group) is 1. The van der Waals surface area contributed by atoms with Crippen LogP contribution in [0.3, 0.4) is 0 Å². The van der Waals surface area contributed by atoms with Crippen LogP contribution in [0.1, 0.15) is 19.8 Å². The highest BCUT2D eigenvalue weighted by Gasteiger charge is 2.23. The summed E-state index contributed by atoms with van der Waals surface area (Å²) in [6, 6.07) is 2.27. The van der Waals surface area contributed by atoms with Gasteiger partial charge < -0.3 is 4.90 Å². The van der Waals surface area contributed by atoms with Gasteiger partial charge in [-0.15, -0.1) is 0 Å². The maximum Gasteiger partial charge on any atom is 0.222 e. The lowest BCUT2D eigenvalue weighted by Gasteiger charge is -2.30. The third-order valence-corrected chi connectivity index (χ3v) is 2.31. The number of carbonyl (C=O) groups is 1. The van der Waals surface area contributed by atoms with Crippen LogP contribution in [-0.2, 0) is 4.79 Å². The molecule has 13 heavy (non-hydrogen) atoms. The van der Waals surface area contributed by atoms with Crippen molar-refractivity contribution in [2.45, 2.75) is 31.8 Å². The molecule has 0 spiro atoms. The second-order valence-corrected chi connectivity index (χ2v) is 3.53. The van der Waals surface area contributed by atoms with Crippen LogP contribution < -0.4 is 5.32 Å². The number of rotatable bonds is 2. The first-order valence-corrected chi connectivity index (χ1v) is 4.53. The first-order chi connectivity index (χ1) is 6.13. The normalized spacial score (nSPS) is 25.5. The van der Waals surface area contributed by atoms with Crippen molar-refractivity contribution in [2.75, 3.05) is 13.6 Å². The zero-order valence-electron chi connectivity index (χ0n) is 8.08. The Bertz CT molecular complexity index is 234. The smallest absolute Gasteiger partial charge is 0.222 e. The van der Waals surface area contributed by atoms with Gasteiger partial charge in [-0.25, -0.2) is 0 Å². The van der Waals surface area contributed by atoms with Gasteiger partial charge in [0.1, 0.15) is 0 Å². The number of carbonyl (C=O) groups excluding carboxylic acids is 1. The van der Waals surface area contributed by atoms with E-state index in [0.29, 0.717) is 13.0 Å². The Hall–Kier alpha value is -1.08. The molecule has 1 rings (SSSR count). The number of nitriles is 1. The molecule has 0 saturated carbocycles. The molecule has 72 valence electrons. The third-order valence-electron chi connectivity index (χ3n) is 2.31. The molecule has 4 heteroatoms. The lowest BCUT2D eigenvalue weighted by Crippen LogP contribution is -2.48. The monoisotopic (exact) mass is 181 g/mol. The molecule has 2 atom stereocenters. The minimum Gasteiger partial charge on any atom is -0.344 e. The molecule has 1 aliphatic rings. The topological polar surface area (TPSA) is 56.1 Å². The Morgan fingerprint density at radius 3 is 3.00 bits per heavy atom. The summed E-state index contributed by atoms with van der Waals surface area (Å²) in [5.41, 5.74) is 0. The van der Waals surface area contributed by atoms with Crippen molar-refractivity contribution in [3.05, 3.63) is 0 Å². The molecule has 4 nitrogen and oxygen atoms in total. The molecule has 1 amide bonds. The average molecular weight is 181 g/mol. The highest BCUT2D eigenvalue weighted by Crippen LogP contribution is 2.09. The Morgan fingerprint density at radius 2 is 2.46 bits per heavy atom. The average Bonchev–Trinajstić information content (AvgIpc) is 2.11. The fourth-order valence-electron chi connectivity index (χ4n) is 1.54. The molecule has 0 aromatic heterocycles. The van der Waals surface area contributed by atoms with Crippen LogP contribution in [0.25, 0.3) is 0 Å². The highest BCUT2D eigenvalue weighted by atomic mass is 16.2. The van der Waals surface area contributed by atoms with E-state index in [9.17, 15) is 4.79 Å². The van der Waals surface area contributed by atoms with E-state index in [1.807, 2.05) is 6.92 Å². The number of likely N-dealkylation sites (tertiary alicyclic amines) is 1. The van der Waals surface area contributed by atoms with Crippen molar-refractivity contribution in [1.82, 2.24) is 10.2 Å². The summed E-state index contributed by atoms with van der Waals surface area (Å²) < 4.78 is 0. The van der Waals surface area contributed by atoms with Crippen LogP contribution in [0.15, 0.2) is 0 Å². The van der Waals surface area contributed by atoms with E-state index < -0.39 is 0 Å². The van der Waals surface area contributed by atoms with E-state index >= 15 is 0 Å². The number of hydrogen-bond donors (Lipinski definition) is 1. The molecule has 0 aromatic carbocycles. The van der Waals surface area contributed by atoms with E-state index in [0.717, 1.165) is 6.42 Å². The summed E-state index contributed by atoms with van der Waals surface area (Å²) in [7, 11) is 1.80. The highest BCUT2D eigenvalue weighted by molar-refractivity contribution is 5.76. The van der Waals surface area contributed by atoms with Gasteiger partial charge in [0.2, 0.25) is 5.91 Å². The summed E-state index contributed by atoms with van der Waals surface area (Å²) in [4.78, 5) is 12.8. The number of amides is 1. The third kappa shape index (κ3) is 2.71. The van der Waals surface area contributed by atoms with Gasteiger partial charge in [-0.3, -0.25) is 10.1 Å². The van der Waals surface area contributed by atoms with Gasteiger partial charge in [-0.1, -0.05) is 0 Å². The van der Waals surface area contributed by atoms with Gasteiger partial charge in [-0.05, 0) is 13.3 Å². The standard InChI is InChI=1S/C9H15N3O/c1-7(5-10)11-8-3-4-9(13)12(2)6-8/h7-8,11H,3-4,6H2,1-2H3. The predicted molar refractivity (Wildman–Crippen MR) is 48.9 cm³/mol.